The van der Waals surface area contributed by atoms with E-state index >= 15 is 0 Å². The van der Waals surface area contributed by atoms with Crippen molar-refractivity contribution in [1.82, 2.24) is 9.80 Å². The van der Waals surface area contributed by atoms with Crippen molar-refractivity contribution < 1.29 is 28.7 Å². The van der Waals surface area contributed by atoms with Gasteiger partial charge >= 0.3 is 11.9 Å². The summed E-state index contributed by atoms with van der Waals surface area (Å²) in [7, 11) is 0. The first kappa shape index (κ1) is 24.8. The minimum Gasteiger partial charge on any atom is -0.466 e. The molecule has 2 heterocycles. The van der Waals surface area contributed by atoms with Crippen LogP contribution in [0.5, 0.6) is 0 Å². The number of rotatable bonds is 10. The lowest BCUT2D eigenvalue weighted by molar-refractivity contribution is -0.145. The summed E-state index contributed by atoms with van der Waals surface area (Å²) < 4.78 is 10.6. The number of carbonyl (C=O) groups excluding carboxylic acids is 4. The third kappa shape index (κ3) is 6.25. The molecule has 2 rings (SSSR count). The molecular weight excluding hydrogens is 468 g/mol. The Kier molecular flexibility index (Phi) is 9.72. The average Bonchev–Trinajstić information content (AvgIpc) is 3.15. The van der Waals surface area contributed by atoms with Crippen LogP contribution in [0.15, 0.2) is 9.81 Å². The van der Waals surface area contributed by atoms with Gasteiger partial charge in [0.15, 0.2) is 0 Å². The largest absolute Gasteiger partial charge is 0.466 e. The van der Waals surface area contributed by atoms with Crippen LogP contribution in [0.1, 0.15) is 39.5 Å². The Hall–Kier alpha value is -1.50. The molecule has 2 fully saturated rings. The maximum Gasteiger partial charge on any atom is 0.307 e. The molecule has 0 atom stereocenters. The number of carbonyl (C=O) groups is 4. The van der Waals surface area contributed by atoms with Crippen LogP contribution in [0, 0.1) is 0 Å². The minimum atomic E-state index is -0.434. The lowest BCUT2D eigenvalue weighted by Gasteiger charge is -2.14. The van der Waals surface area contributed by atoms with Crippen molar-refractivity contribution in [2.24, 2.45) is 0 Å². The van der Waals surface area contributed by atoms with Gasteiger partial charge in [0.1, 0.15) is 8.64 Å². The molecule has 0 N–H and O–H groups in total. The van der Waals surface area contributed by atoms with Gasteiger partial charge in [-0.2, -0.15) is 0 Å². The number of ether oxygens (including phenoxy) is 2. The van der Waals surface area contributed by atoms with Gasteiger partial charge in [0.25, 0.3) is 11.8 Å². The van der Waals surface area contributed by atoms with Gasteiger partial charge in [-0.3, -0.25) is 29.0 Å². The lowest BCUT2D eigenvalue weighted by atomic mass is 10.3. The molecule has 0 aromatic heterocycles. The molecule has 30 heavy (non-hydrogen) atoms. The molecule has 0 aliphatic carbocycles. The van der Waals surface area contributed by atoms with E-state index in [9.17, 15) is 19.2 Å². The Balaban J connectivity index is 2.02. The Morgan fingerprint density at radius 1 is 0.800 bits per heavy atom. The molecule has 0 aromatic carbocycles. The van der Waals surface area contributed by atoms with Crippen molar-refractivity contribution in [3.05, 3.63) is 9.81 Å². The molecule has 8 nitrogen and oxygen atoms in total. The van der Waals surface area contributed by atoms with E-state index in [2.05, 4.69) is 0 Å². The first-order valence-electron chi connectivity index (χ1n) is 9.43. The smallest absolute Gasteiger partial charge is 0.307 e. The number of hydrogen-bond acceptors (Lipinski definition) is 10. The van der Waals surface area contributed by atoms with E-state index < -0.39 is 23.8 Å². The van der Waals surface area contributed by atoms with Gasteiger partial charge in [0, 0.05) is 13.1 Å². The standard InChI is InChI=1S/C18H22N2O6S4/c1-3-9-25-11(21)5-7-19-15(23)13(29-17(19)27)14-16(24)20(18(28)30-14)8-6-12(22)26-10-4-2/h3-10H2,1-2H3/b14-13+. The summed E-state index contributed by atoms with van der Waals surface area (Å²) in [5.74, 6) is -1.69. The second-order valence-electron chi connectivity index (χ2n) is 6.25. The van der Waals surface area contributed by atoms with Crippen LogP contribution in [0.3, 0.4) is 0 Å². The molecule has 164 valence electrons. The van der Waals surface area contributed by atoms with Gasteiger partial charge < -0.3 is 9.47 Å². The predicted molar refractivity (Wildman–Crippen MR) is 123 cm³/mol. The van der Waals surface area contributed by atoms with Crippen LogP contribution in [-0.2, 0) is 28.7 Å². The highest BCUT2D eigenvalue weighted by molar-refractivity contribution is 8.29. The molecule has 0 saturated carbocycles. The maximum atomic E-state index is 12.8. The topological polar surface area (TPSA) is 93.2 Å². The second-order valence-corrected chi connectivity index (χ2v) is 9.54. The fourth-order valence-corrected chi connectivity index (χ4v) is 5.21. The van der Waals surface area contributed by atoms with Crippen molar-refractivity contribution in [2.45, 2.75) is 39.5 Å². The highest BCUT2D eigenvalue weighted by Gasteiger charge is 2.42. The fourth-order valence-electron chi connectivity index (χ4n) is 2.44. The Morgan fingerprint density at radius 2 is 1.17 bits per heavy atom. The zero-order valence-electron chi connectivity index (χ0n) is 16.6. The van der Waals surface area contributed by atoms with Gasteiger partial charge in [-0.25, -0.2) is 0 Å². The molecule has 0 spiro atoms. The Bertz CT molecular complexity index is 734. The van der Waals surface area contributed by atoms with E-state index in [1.54, 1.807) is 0 Å². The fraction of sp³-hybridized carbons (Fsp3) is 0.556. The molecule has 2 aliphatic heterocycles. The number of nitrogens with zero attached hydrogens (tertiary/aromatic N) is 2. The van der Waals surface area contributed by atoms with Crippen LogP contribution in [0.25, 0.3) is 0 Å². The van der Waals surface area contributed by atoms with Gasteiger partial charge in [-0.05, 0) is 12.8 Å². The Labute approximate surface area is 194 Å². The Morgan fingerprint density at radius 3 is 1.50 bits per heavy atom. The maximum absolute atomic E-state index is 12.8. The van der Waals surface area contributed by atoms with Crippen molar-refractivity contribution in [2.75, 3.05) is 26.3 Å². The van der Waals surface area contributed by atoms with E-state index in [0.29, 0.717) is 26.1 Å². The third-order valence-electron chi connectivity index (χ3n) is 3.92. The van der Waals surface area contributed by atoms with E-state index in [0.717, 1.165) is 23.5 Å². The van der Waals surface area contributed by atoms with Crippen molar-refractivity contribution >= 4 is 80.4 Å². The zero-order chi connectivity index (χ0) is 22.3. The van der Waals surface area contributed by atoms with Crippen LogP contribution >= 0.6 is 48.0 Å². The van der Waals surface area contributed by atoms with Gasteiger partial charge in [-0.1, -0.05) is 61.8 Å². The van der Waals surface area contributed by atoms with Crippen LogP contribution in [0.2, 0.25) is 0 Å². The number of amides is 2. The summed E-state index contributed by atoms with van der Waals surface area (Å²) in [6, 6.07) is 0. The SMILES string of the molecule is CCCOC(=O)CCN1C(=O)/C(=C2\SC(=S)N(CCC(=O)OCCC)C2=O)SC1=S. The van der Waals surface area contributed by atoms with E-state index in [-0.39, 0.29) is 44.4 Å². The summed E-state index contributed by atoms with van der Waals surface area (Å²) in [4.78, 5) is 51.9. The highest BCUT2D eigenvalue weighted by Crippen LogP contribution is 2.42. The van der Waals surface area contributed by atoms with Gasteiger partial charge in [0.2, 0.25) is 0 Å². The third-order valence-corrected chi connectivity index (χ3v) is 6.94. The number of esters is 2. The minimum absolute atomic E-state index is 0.0144. The number of thiocarbonyl (C=S) groups is 2. The average molecular weight is 491 g/mol. The normalized spacial score (nSPS) is 19.1. The summed E-state index contributed by atoms with van der Waals surface area (Å²) in [6.07, 6.45) is 1.46. The molecule has 2 saturated heterocycles. The second kappa shape index (κ2) is 11.8. The monoisotopic (exact) mass is 490 g/mol. The molecule has 0 bridgehead atoms. The molecule has 0 aromatic rings. The van der Waals surface area contributed by atoms with Crippen molar-refractivity contribution in [1.29, 1.82) is 0 Å². The van der Waals surface area contributed by atoms with Crippen molar-refractivity contribution in [3.63, 3.8) is 0 Å². The zero-order valence-corrected chi connectivity index (χ0v) is 19.9. The molecule has 12 heteroatoms. The van der Waals surface area contributed by atoms with E-state index in [4.69, 9.17) is 33.9 Å². The lowest BCUT2D eigenvalue weighted by Crippen LogP contribution is -2.32. The number of hydrogen-bond donors (Lipinski definition) is 0. The summed E-state index contributed by atoms with van der Waals surface area (Å²) in [5.41, 5.74) is 0. The van der Waals surface area contributed by atoms with E-state index in [1.807, 2.05) is 13.8 Å². The van der Waals surface area contributed by atoms with Crippen molar-refractivity contribution in [3.8, 4) is 0 Å². The molecule has 2 amide bonds. The summed E-state index contributed by atoms with van der Waals surface area (Å²) in [5, 5.41) is 0. The van der Waals surface area contributed by atoms with Crippen LogP contribution in [-0.4, -0.2) is 68.5 Å². The summed E-state index contributed by atoms with van der Waals surface area (Å²) in [6.45, 7) is 4.59. The van der Waals surface area contributed by atoms with Gasteiger partial charge in [0.05, 0.1) is 35.9 Å². The molecule has 2 aliphatic rings. The molecular formula is C18H22N2O6S4. The first-order valence-corrected chi connectivity index (χ1v) is 11.9. The van der Waals surface area contributed by atoms with Crippen LogP contribution in [0.4, 0.5) is 0 Å². The quantitative estimate of drug-likeness (QED) is 0.258. The molecule has 0 radical (unpaired) electrons. The van der Waals surface area contributed by atoms with E-state index in [1.165, 1.54) is 9.80 Å². The van der Waals surface area contributed by atoms with Crippen LogP contribution < -0.4 is 0 Å². The highest BCUT2D eigenvalue weighted by atomic mass is 32.2. The summed E-state index contributed by atoms with van der Waals surface area (Å²) >= 11 is 12.5. The predicted octanol–water partition coefficient (Wildman–Crippen LogP) is 2.61. The first-order chi connectivity index (χ1) is 14.3. The number of thioether (sulfide) groups is 2. The van der Waals surface area contributed by atoms with Gasteiger partial charge in [-0.15, -0.1) is 0 Å². The molecule has 0 unspecified atom stereocenters.